The summed E-state index contributed by atoms with van der Waals surface area (Å²) in [6.07, 6.45) is 1.19. The van der Waals surface area contributed by atoms with Crippen molar-refractivity contribution in [2.24, 2.45) is 0 Å². The van der Waals surface area contributed by atoms with Crippen molar-refractivity contribution >= 4 is 29.6 Å². The highest BCUT2D eigenvalue weighted by Crippen LogP contribution is 2.19. The molecule has 6 nitrogen and oxygen atoms in total. The Kier molecular flexibility index (Phi) is 5.70. The molecule has 0 unspecified atom stereocenters. The molecule has 7 heteroatoms. The molecule has 1 aromatic heterocycles. The third-order valence-corrected chi connectivity index (χ3v) is 4.44. The first-order valence-electron chi connectivity index (χ1n) is 7.30. The summed E-state index contributed by atoms with van der Waals surface area (Å²) in [7, 11) is 1.85. The molecule has 1 fully saturated rings. The average molecular weight is 296 g/mol. The summed E-state index contributed by atoms with van der Waals surface area (Å²) in [4.78, 5) is 18.1. The van der Waals surface area contributed by atoms with E-state index in [4.69, 9.17) is 0 Å². The molecule has 1 aromatic rings. The molecule has 0 saturated carbocycles. The summed E-state index contributed by atoms with van der Waals surface area (Å²) >= 11 is 2.00. The zero-order valence-corrected chi connectivity index (χ0v) is 13.4. The van der Waals surface area contributed by atoms with Crippen LogP contribution in [0, 0.1) is 0 Å². The van der Waals surface area contributed by atoms with Gasteiger partial charge in [-0.3, -0.25) is 0 Å². The summed E-state index contributed by atoms with van der Waals surface area (Å²) in [5.41, 5.74) is 0. The number of hydrogen-bond donors (Lipinski definition) is 1. The van der Waals surface area contributed by atoms with Gasteiger partial charge in [-0.15, -0.1) is 0 Å². The fourth-order valence-electron chi connectivity index (χ4n) is 2.20. The number of hydrogen-bond acceptors (Lipinski definition) is 7. The average Bonchev–Trinajstić information content (AvgIpc) is 2.77. The van der Waals surface area contributed by atoms with E-state index < -0.39 is 0 Å². The van der Waals surface area contributed by atoms with E-state index in [9.17, 15) is 0 Å². The molecule has 0 bridgehead atoms. The quantitative estimate of drug-likeness (QED) is 0.887. The molecular weight excluding hydrogens is 272 g/mol. The normalized spacial score (nSPS) is 15.8. The highest BCUT2D eigenvalue weighted by molar-refractivity contribution is 7.99. The Morgan fingerprint density at radius 2 is 1.95 bits per heavy atom. The van der Waals surface area contributed by atoms with Gasteiger partial charge in [0.1, 0.15) is 0 Å². The fraction of sp³-hybridized carbons (Fsp3) is 0.769. The Morgan fingerprint density at radius 1 is 1.15 bits per heavy atom. The lowest BCUT2D eigenvalue weighted by atomic mass is 10.4. The van der Waals surface area contributed by atoms with Crippen molar-refractivity contribution in [3.05, 3.63) is 0 Å². The SMILES string of the molecule is CCN(CC)c1nc(NC)nc(N2CCCSCC2)n1. The van der Waals surface area contributed by atoms with E-state index in [2.05, 4.69) is 43.9 Å². The lowest BCUT2D eigenvalue weighted by Gasteiger charge is -2.24. The van der Waals surface area contributed by atoms with Crippen LogP contribution in [0.1, 0.15) is 20.3 Å². The third-order valence-electron chi connectivity index (χ3n) is 3.39. The van der Waals surface area contributed by atoms with Crippen LogP contribution in [0.5, 0.6) is 0 Å². The van der Waals surface area contributed by atoms with Gasteiger partial charge in [0.25, 0.3) is 0 Å². The van der Waals surface area contributed by atoms with Crippen molar-refractivity contribution in [2.75, 3.05) is 59.8 Å². The maximum Gasteiger partial charge on any atom is 0.231 e. The van der Waals surface area contributed by atoms with Crippen molar-refractivity contribution in [3.63, 3.8) is 0 Å². The van der Waals surface area contributed by atoms with E-state index in [1.807, 2.05) is 18.8 Å². The van der Waals surface area contributed by atoms with E-state index in [1.54, 1.807) is 0 Å². The van der Waals surface area contributed by atoms with Crippen LogP contribution < -0.4 is 15.1 Å². The molecule has 2 heterocycles. The van der Waals surface area contributed by atoms with E-state index in [0.717, 1.165) is 43.8 Å². The minimum Gasteiger partial charge on any atom is -0.357 e. The van der Waals surface area contributed by atoms with Crippen molar-refractivity contribution in [3.8, 4) is 0 Å². The maximum absolute atomic E-state index is 4.67. The predicted octanol–water partition coefficient (Wildman–Crippen LogP) is 1.70. The highest BCUT2D eigenvalue weighted by Gasteiger charge is 2.17. The zero-order chi connectivity index (χ0) is 14.4. The van der Waals surface area contributed by atoms with Gasteiger partial charge in [-0.1, -0.05) is 0 Å². The molecule has 0 aliphatic carbocycles. The van der Waals surface area contributed by atoms with Crippen molar-refractivity contribution in [1.29, 1.82) is 0 Å². The largest absolute Gasteiger partial charge is 0.357 e. The molecule has 112 valence electrons. The van der Waals surface area contributed by atoms with Crippen LogP contribution in [0.4, 0.5) is 17.8 Å². The van der Waals surface area contributed by atoms with Crippen LogP contribution in [0.25, 0.3) is 0 Å². The van der Waals surface area contributed by atoms with Crippen LogP contribution in [-0.2, 0) is 0 Å². The molecule has 0 radical (unpaired) electrons. The number of anilines is 3. The summed E-state index contributed by atoms with van der Waals surface area (Å²) in [5.74, 6) is 4.58. The van der Waals surface area contributed by atoms with Gasteiger partial charge in [0.15, 0.2) is 0 Å². The first-order chi connectivity index (χ1) is 9.78. The van der Waals surface area contributed by atoms with Gasteiger partial charge in [0.2, 0.25) is 17.8 Å². The van der Waals surface area contributed by atoms with Gasteiger partial charge >= 0.3 is 0 Å². The Hall–Kier alpha value is -1.24. The predicted molar refractivity (Wildman–Crippen MR) is 87.1 cm³/mol. The summed E-state index contributed by atoms with van der Waals surface area (Å²) in [6, 6.07) is 0. The summed E-state index contributed by atoms with van der Waals surface area (Å²) < 4.78 is 0. The second-order valence-electron chi connectivity index (χ2n) is 4.63. The molecule has 1 N–H and O–H groups in total. The van der Waals surface area contributed by atoms with Crippen LogP contribution in [-0.4, -0.2) is 59.7 Å². The number of aromatic nitrogens is 3. The molecule has 20 heavy (non-hydrogen) atoms. The van der Waals surface area contributed by atoms with Gasteiger partial charge in [-0.2, -0.15) is 26.7 Å². The highest BCUT2D eigenvalue weighted by atomic mass is 32.2. The Bertz CT molecular complexity index is 415. The first-order valence-corrected chi connectivity index (χ1v) is 8.45. The number of nitrogens with zero attached hydrogens (tertiary/aromatic N) is 5. The van der Waals surface area contributed by atoms with E-state index >= 15 is 0 Å². The molecule has 1 saturated heterocycles. The van der Waals surface area contributed by atoms with E-state index in [0.29, 0.717) is 5.95 Å². The van der Waals surface area contributed by atoms with Gasteiger partial charge in [0.05, 0.1) is 0 Å². The molecule has 1 aliphatic rings. The monoisotopic (exact) mass is 296 g/mol. The Labute approximate surface area is 125 Å². The molecule has 0 spiro atoms. The summed E-state index contributed by atoms with van der Waals surface area (Å²) in [6.45, 7) is 8.08. The van der Waals surface area contributed by atoms with Crippen LogP contribution in [0.15, 0.2) is 0 Å². The minimum absolute atomic E-state index is 0.647. The van der Waals surface area contributed by atoms with Crippen molar-refractivity contribution in [1.82, 2.24) is 15.0 Å². The Balaban J connectivity index is 2.28. The molecule has 2 rings (SSSR count). The second-order valence-corrected chi connectivity index (χ2v) is 5.86. The molecular formula is C13H24N6S. The van der Waals surface area contributed by atoms with Crippen LogP contribution in [0.2, 0.25) is 0 Å². The minimum atomic E-state index is 0.647. The van der Waals surface area contributed by atoms with Crippen molar-refractivity contribution < 1.29 is 0 Å². The number of nitrogens with one attached hydrogen (secondary N) is 1. The zero-order valence-electron chi connectivity index (χ0n) is 12.6. The van der Waals surface area contributed by atoms with Gasteiger partial charge in [0, 0.05) is 39.0 Å². The topological polar surface area (TPSA) is 57.2 Å². The van der Waals surface area contributed by atoms with Gasteiger partial charge in [-0.05, 0) is 26.0 Å². The van der Waals surface area contributed by atoms with Gasteiger partial charge in [-0.25, -0.2) is 0 Å². The van der Waals surface area contributed by atoms with Crippen LogP contribution in [0.3, 0.4) is 0 Å². The lowest BCUT2D eigenvalue weighted by molar-refractivity contribution is 0.759. The number of thioether (sulfide) groups is 1. The van der Waals surface area contributed by atoms with E-state index in [1.165, 1.54) is 12.2 Å². The Morgan fingerprint density at radius 3 is 2.65 bits per heavy atom. The smallest absolute Gasteiger partial charge is 0.231 e. The molecule has 0 amide bonds. The van der Waals surface area contributed by atoms with Gasteiger partial charge < -0.3 is 15.1 Å². The second kappa shape index (κ2) is 7.52. The van der Waals surface area contributed by atoms with Crippen LogP contribution >= 0.6 is 11.8 Å². The molecule has 0 atom stereocenters. The summed E-state index contributed by atoms with van der Waals surface area (Å²) in [5, 5.41) is 3.04. The first kappa shape index (κ1) is 15.2. The van der Waals surface area contributed by atoms with Crippen molar-refractivity contribution in [2.45, 2.75) is 20.3 Å². The molecule has 1 aliphatic heterocycles. The third kappa shape index (κ3) is 3.65. The standard InChI is InChI=1S/C13H24N6S/c1-4-18(5-2)12-15-11(14-3)16-13(17-12)19-7-6-9-20-10-8-19/h4-10H2,1-3H3,(H,14,15,16,17). The van der Waals surface area contributed by atoms with E-state index in [-0.39, 0.29) is 0 Å². The maximum atomic E-state index is 4.67. The lowest BCUT2D eigenvalue weighted by Crippen LogP contribution is -2.30. The number of rotatable bonds is 5. The molecule has 0 aromatic carbocycles. The fourth-order valence-corrected chi connectivity index (χ4v) is 3.09.